The largest absolute Gasteiger partial charge is 0.369 e. The molecule has 0 amide bonds. The number of anilines is 1. The van der Waals surface area contributed by atoms with E-state index in [1.54, 1.807) is 0 Å². The first-order valence-electron chi connectivity index (χ1n) is 5.07. The number of nitrogens with zero attached hydrogens (tertiary/aromatic N) is 2. The van der Waals surface area contributed by atoms with Crippen molar-refractivity contribution in [2.45, 2.75) is 39.7 Å². The van der Waals surface area contributed by atoms with E-state index < -0.39 is 0 Å². The zero-order valence-corrected chi connectivity index (χ0v) is 8.75. The van der Waals surface area contributed by atoms with Crippen LogP contribution in [-0.4, -0.2) is 16.3 Å². The topological polar surface area (TPSA) is 29.9 Å². The molecule has 1 N–H and O–H groups in total. The first-order chi connectivity index (χ1) is 6.27. The summed E-state index contributed by atoms with van der Waals surface area (Å²) in [6.07, 6.45) is 4.29. The van der Waals surface area contributed by atoms with Crippen LogP contribution in [0.15, 0.2) is 12.3 Å². The monoisotopic (exact) mass is 181 g/mol. The molecule has 1 aromatic rings. The first-order valence-corrected chi connectivity index (χ1v) is 5.07. The lowest BCUT2D eigenvalue weighted by Gasteiger charge is -2.08. The van der Waals surface area contributed by atoms with E-state index >= 15 is 0 Å². The lowest BCUT2D eigenvalue weighted by Crippen LogP contribution is -2.06. The number of hydrogen-bond donors (Lipinski definition) is 1. The highest BCUT2D eigenvalue weighted by Gasteiger charge is 2.02. The first kappa shape index (κ1) is 10.1. The van der Waals surface area contributed by atoms with E-state index in [2.05, 4.69) is 31.2 Å². The molecule has 74 valence electrons. The van der Waals surface area contributed by atoms with E-state index in [9.17, 15) is 0 Å². The Morgan fingerprint density at radius 2 is 2.31 bits per heavy atom. The molecule has 3 nitrogen and oxygen atoms in total. The molecule has 1 atom stereocenters. The van der Waals surface area contributed by atoms with Crippen molar-refractivity contribution >= 4 is 5.82 Å². The molecule has 3 heteroatoms. The molecule has 0 aliphatic carbocycles. The number of rotatable bonds is 5. The molecule has 0 fully saturated rings. The Morgan fingerprint density at radius 3 is 2.92 bits per heavy atom. The Kier molecular flexibility index (Phi) is 3.80. The molecule has 0 saturated heterocycles. The van der Waals surface area contributed by atoms with Gasteiger partial charge in [0.15, 0.2) is 0 Å². The van der Waals surface area contributed by atoms with Crippen molar-refractivity contribution < 1.29 is 0 Å². The standard InChI is InChI=1S/C10H19N3/c1-4-7-11-10-6-8-13(12-10)9(3)5-2/h6,8-9H,4-5,7H2,1-3H3,(H,11,12)/t9-/m1/s1. The van der Waals surface area contributed by atoms with Crippen molar-refractivity contribution in [2.24, 2.45) is 0 Å². The molecule has 0 bridgehead atoms. The summed E-state index contributed by atoms with van der Waals surface area (Å²) in [6.45, 7) is 7.50. The third-order valence-corrected chi connectivity index (χ3v) is 2.21. The average molecular weight is 181 g/mol. The predicted molar refractivity (Wildman–Crippen MR) is 56.0 cm³/mol. The van der Waals surface area contributed by atoms with E-state index in [-0.39, 0.29) is 0 Å². The molecule has 0 radical (unpaired) electrons. The average Bonchev–Trinajstić information content (AvgIpc) is 2.62. The van der Waals surface area contributed by atoms with Crippen molar-refractivity contribution in [2.75, 3.05) is 11.9 Å². The minimum atomic E-state index is 0.497. The molecule has 0 aliphatic heterocycles. The fourth-order valence-corrected chi connectivity index (χ4v) is 1.12. The number of nitrogens with one attached hydrogen (secondary N) is 1. The highest BCUT2D eigenvalue weighted by molar-refractivity contribution is 5.31. The van der Waals surface area contributed by atoms with E-state index in [1.165, 1.54) is 0 Å². The fraction of sp³-hybridized carbons (Fsp3) is 0.700. The molecule has 1 heterocycles. The Bertz CT molecular complexity index is 242. The Labute approximate surface area is 80.1 Å². The van der Waals surface area contributed by atoms with E-state index in [0.717, 1.165) is 25.2 Å². The zero-order chi connectivity index (χ0) is 9.68. The van der Waals surface area contributed by atoms with Crippen LogP contribution in [0, 0.1) is 0 Å². The molecule has 13 heavy (non-hydrogen) atoms. The summed E-state index contributed by atoms with van der Waals surface area (Å²) in [4.78, 5) is 0. The highest BCUT2D eigenvalue weighted by atomic mass is 15.3. The quantitative estimate of drug-likeness (QED) is 0.756. The second-order valence-electron chi connectivity index (χ2n) is 3.37. The Hall–Kier alpha value is -0.990. The third-order valence-electron chi connectivity index (χ3n) is 2.21. The van der Waals surface area contributed by atoms with Gasteiger partial charge in [0.1, 0.15) is 5.82 Å². The van der Waals surface area contributed by atoms with Gasteiger partial charge in [-0.05, 0) is 19.8 Å². The lowest BCUT2D eigenvalue weighted by molar-refractivity contribution is 0.479. The molecule has 0 saturated carbocycles. The van der Waals surface area contributed by atoms with Gasteiger partial charge >= 0.3 is 0 Å². The van der Waals surface area contributed by atoms with E-state index in [1.807, 2.05) is 16.9 Å². The summed E-state index contributed by atoms with van der Waals surface area (Å²) in [5.41, 5.74) is 0. The second kappa shape index (κ2) is 4.90. The molecule has 1 rings (SSSR count). The summed E-state index contributed by atoms with van der Waals surface area (Å²) in [5.74, 6) is 0.988. The van der Waals surface area contributed by atoms with Crippen LogP contribution in [0.25, 0.3) is 0 Å². The van der Waals surface area contributed by atoms with Crippen molar-refractivity contribution in [3.63, 3.8) is 0 Å². The van der Waals surface area contributed by atoms with Crippen molar-refractivity contribution in [3.05, 3.63) is 12.3 Å². The molecular weight excluding hydrogens is 162 g/mol. The van der Waals surface area contributed by atoms with Crippen LogP contribution >= 0.6 is 0 Å². The van der Waals surface area contributed by atoms with Gasteiger partial charge in [-0.15, -0.1) is 0 Å². The van der Waals surface area contributed by atoms with Gasteiger partial charge in [0.25, 0.3) is 0 Å². The van der Waals surface area contributed by atoms with Gasteiger partial charge in [0.2, 0.25) is 0 Å². The number of aromatic nitrogens is 2. The van der Waals surface area contributed by atoms with Gasteiger partial charge in [-0.1, -0.05) is 13.8 Å². The third kappa shape index (κ3) is 2.76. The summed E-state index contributed by atoms with van der Waals surface area (Å²) in [6, 6.07) is 2.53. The normalized spacial score (nSPS) is 12.8. The van der Waals surface area contributed by atoms with Crippen LogP contribution in [0.2, 0.25) is 0 Å². The van der Waals surface area contributed by atoms with Gasteiger partial charge in [-0.3, -0.25) is 4.68 Å². The molecule has 0 unspecified atom stereocenters. The van der Waals surface area contributed by atoms with Crippen molar-refractivity contribution in [1.29, 1.82) is 0 Å². The SMILES string of the molecule is CCCNc1ccn([C@H](C)CC)n1. The number of hydrogen-bond acceptors (Lipinski definition) is 2. The molecular formula is C10H19N3. The van der Waals surface area contributed by atoms with Gasteiger partial charge in [0, 0.05) is 24.8 Å². The smallest absolute Gasteiger partial charge is 0.147 e. The van der Waals surface area contributed by atoms with Crippen LogP contribution in [0.1, 0.15) is 39.7 Å². The summed E-state index contributed by atoms with van der Waals surface area (Å²) >= 11 is 0. The molecule has 1 aromatic heterocycles. The van der Waals surface area contributed by atoms with Crippen LogP contribution in [0.4, 0.5) is 5.82 Å². The lowest BCUT2D eigenvalue weighted by atomic mass is 10.3. The minimum absolute atomic E-state index is 0.497. The van der Waals surface area contributed by atoms with Gasteiger partial charge in [-0.2, -0.15) is 5.10 Å². The minimum Gasteiger partial charge on any atom is -0.369 e. The van der Waals surface area contributed by atoms with Gasteiger partial charge < -0.3 is 5.32 Å². The summed E-state index contributed by atoms with van der Waals surface area (Å²) in [5, 5.41) is 7.69. The maximum Gasteiger partial charge on any atom is 0.147 e. The Balaban J connectivity index is 2.53. The zero-order valence-electron chi connectivity index (χ0n) is 8.75. The molecule has 0 aromatic carbocycles. The van der Waals surface area contributed by atoms with Crippen LogP contribution < -0.4 is 5.32 Å². The van der Waals surface area contributed by atoms with Crippen molar-refractivity contribution in [1.82, 2.24) is 9.78 Å². The summed E-state index contributed by atoms with van der Waals surface area (Å²) in [7, 11) is 0. The van der Waals surface area contributed by atoms with E-state index in [4.69, 9.17) is 0 Å². The summed E-state index contributed by atoms with van der Waals surface area (Å²) < 4.78 is 2.01. The highest BCUT2D eigenvalue weighted by Crippen LogP contribution is 2.11. The van der Waals surface area contributed by atoms with Gasteiger partial charge in [-0.25, -0.2) is 0 Å². The van der Waals surface area contributed by atoms with Crippen LogP contribution in [0.5, 0.6) is 0 Å². The van der Waals surface area contributed by atoms with E-state index in [0.29, 0.717) is 6.04 Å². The molecule has 0 spiro atoms. The van der Waals surface area contributed by atoms with Crippen molar-refractivity contribution in [3.8, 4) is 0 Å². The molecule has 0 aliphatic rings. The van der Waals surface area contributed by atoms with Gasteiger partial charge in [0.05, 0.1) is 0 Å². The maximum atomic E-state index is 4.42. The van der Waals surface area contributed by atoms with Crippen LogP contribution in [0.3, 0.4) is 0 Å². The Morgan fingerprint density at radius 1 is 1.54 bits per heavy atom. The fourth-order valence-electron chi connectivity index (χ4n) is 1.12. The van der Waals surface area contributed by atoms with Crippen LogP contribution in [-0.2, 0) is 0 Å². The second-order valence-corrected chi connectivity index (χ2v) is 3.37. The predicted octanol–water partition coefficient (Wildman–Crippen LogP) is 2.68. The maximum absolute atomic E-state index is 4.42.